The quantitative estimate of drug-likeness (QED) is 0.168. The van der Waals surface area contributed by atoms with Gasteiger partial charge in [0.15, 0.2) is 11.2 Å². The molecule has 11 rings (SSSR count). The van der Waals surface area contributed by atoms with Crippen LogP contribution in [0.15, 0.2) is 160 Å². The van der Waals surface area contributed by atoms with Gasteiger partial charge in [-0.3, -0.25) is 0 Å². The molecule has 0 atom stereocenters. The lowest BCUT2D eigenvalue weighted by atomic mass is 10.00. The Balaban J connectivity index is 1.06. The molecule has 0 aliphatic carbocycles. The summed E-state index contributed by atoms with van der Waals surface area (Å²) in [6.07, 6.45) is 0. The Hall–Kier alpha value is -7.81. The van der Waals surface area contributed by atoms with Gasteiger partial charge >= 0.3 is 0 Å². The van der Waals surface area contributed by atoms with E-state index in [1.54, 1.807) is 0 Å². The fourth-order valence-electron chi connectivity index (χ4n) is 9.70. The molecule has 5 nitrogen and oxygen atoms in total. The Kier molecular flexibility index (Phi) is 8.49. The van der Waals surface area contributed by atoms with Crippen molar-refractivity contribution in [3.05, 3.63) is 191 Å². The van der Waals surface area contributed by atoms with Crippen LogP contribution in [-0.4, -0.2) is 0 Å². The number of benzene rings is 9. The molecule has 62 heavy (non-hydrogen) atoms. The van der Waals surface area contributed by atoms with Crippen molar-refractivity contribution < 1.29 is 8.83 Å². The molecule has 9 aromatic carbocycles. The van der Waals surface area contributed by atoms with Crippen molar-refractivity contribution in [3.63, 3.8) is 0 Å². The zero-order valence-electron chi connectivity index (χ0n) is 35.6. The summed E-state index contributed by atoms with van der Waals surface area (Å²) in [7, 11) is 0. The van der Waals surface area contributed by atoms with Gasteiger partial charge in [0.2, 0.25) is 0 Å². The highest BCUT2D eigenvalue weighted by Gasteiger charge is 2.24. The number of aryl methyl sites for hydroxylation is 6. The lowest BCUT2D eigenvalue weighted by Gasteiger charge is -2.30. The van der Waals surface area contributed by atoms with Crippen LogP contribution in [0, 0.1) is 52.9 Å². The molecule has 0 unspecified atom stereocenters. The first kappa shape index (κ1) is 37.2. The highest BCUT2D eigenvalue weighted by Crippen LogP contribution is 2.46. The van der Waals surface area contributed by atoms with E-state index in [-0.39, 0.29) is 0 Å². The third kappa shape index (κ3) is 5.75. The van der Waals surface area contributed by atoms with Crippen LogP contribution >= 0.6 is 0 Å². The number of fused-ring (bicyclic) bond motifs is 8. The normalized spacial score (nSPS) is 11.7. The highest BCUT2D eigenvalue weighted by molar-refractivity contribution is 6.20. The molecule has 0 aliphatic rings. The monoisotopic (exact) mass is 801 g/mol. The van der Waals surface area contributed by atoms with Gasteiger partial charge < -0.3 is 18.6 Å². The second-order valence-corrected chi connectivity index (χ2v) is 16.8. The van der Waals surface area contributed by atoms with Gasteiger partial charge in [0.05, 0.1) is 11.4 Å². The van der Waals surface area contributed by atoms with E-state index in [9.17, 15) is 5.26 Å². The average Bonchev–Trinajstić information content (AvgIpc) is 3.81. The van der Waals surface area contributed by atoms with Crippen molar-refractivity contribution in [1.29, 1.82) is 5.26 Å². The number of hydrogen-bond donors (Lipinski definition) is 0. The van der Waals surface area contributed by atoms with Crippen molar-refractivity contribution in [3.8, 4) is 6.07 Å². The van der Waals surface area contributed by atoms with Crippen LogP contribution in [0.3, 0.4) is 0 Å². The average molecular weight is 802 g/mol. The molecule has 0 aliphatic heterocycles. The molecule has 0 fully saturated rings. The predicted molar refractivity (Wildman–Crippen MR) is 259 cm³/mol. The van der Waals surface area contributed by atoms with Gasteiger partial charge in [-0.1, -0.05) is 84.9 Å². The first-order chi connectivity index (χ1) is 30.2. The zero-order chi connectivity index (χ0) is 42.4. The van der Waals surface area contributed by atoms with E-state index in [1.165, 1.54) is 44.8 Å². The third-order valence-electron chi connectivity index (χ3n) is 12.7. The lowest BCUT2D eigenvalue weighted by molar-refractivity contribution is 0.654. The molecular formula is C57H43N3O2. The molecule has 5 heteroatoms. The summed E-state index contributed by atoms with van der Waals surface area (Å²) >= 11 is 0. The maximum absolute atomic E-state index is 10.7. The standard InChI is InChI=1S/C57H43N3O2/c1-33-13-7-9-19-50(33)59(54-35(3)15-11-16-36(54)4)43-23-21-39-27-45-47-31-48-46-28-40-22-24-44(60(51-20-10-8-14-34(51)2)55-37(5)17-12-18-38(55)6)26-42(40)30-53(46)62-57(48)49(32-58)56(47)61-52(45)29-41(39)25-43/h7-31H,1-6H3. The summed E-state index contributed by atoms with van der Waals surface area (Å²) in [5, 5.41) is 18.8. The van der Waals surface area contributed by atoms with Crippen molar-refractivity contribution >= 4 is 99.5 Å². The summed E-state index contributed by atoms with van der Waals surface area (Å²) in [5.41, 5.74) is 16.9. The summed E-state index contributed by atoms with van der Waals surface area (Å²) < 4.78 is 13.3. The predicted octanol–water partition coefficient (Wildman–Crippen LogP) is 16.5. The van der Waals surface area contributed by atoms with E-state index in [2.05, 4.69) is 209 Å². The number of para-hydroxylation sites is 4. The number of furan rings is 2. The van der Waals surface area contributed by atoms with Gasteiger partial charge in [0.1, 0.15) is 22.8 Å². The van der Waals surface area contributed by atoms with E-state index in [4.69, 9.17) is 8.83 Å². The molecule has 298 valence electrons. The molecule has 0 radical (unpaired) electrons. The Morgan fingerprint density at radius 1 is 0.387 bits per heavy atom. The molecule has 0 saturated carbocycles. The van der Waals surface area contributed by atoms with Crippen molar-refractivity contribution in [1.82, 2.24) is 0 Å². The van der Waals surface area contributed by atoms with E-state index in [0.29, 0.717) is 16.7 Å². The summed E-state index contributed by atoms with van der Waals surface area (Å²) in [4.78, 5) is 4.73. The SMILES string of the molecule is Cc1ccccc1N(c1ccc2cc3c(cc2c1)oc1c(C#N)c2oc4cc5cc(N(c6ccccc6C)c6c(C)cccc6C)ccc5cc4c2cc13)c1c(C)cccc1C. The van der Waals surface area contributed by atoms with E-state index in [0.717, 1.165) is 77.0 Å². The minimum Gasteiger partial charge on any atom is -0.454 e. The van der Waals surface area contributed by atoms with Gasteiger partial charge in [-0.15, -0.1) is 0 Å². The van der Waals surface area contributed by atoms with E-state index >= 15 is 0 Å². The van der Waals surface area contributed by atoms with Gasteiger partial charge in [-0.25, -0.2) is 0 Å². The summed E-state index contributed by atoms with van der Waals surface area (Å²) in [6.45, 7) is 13.0. The van der Waals surface area contributed by atoms with Crippen LogP contribution in [0.1, 0.15) is 38.9 Å². The fourth-order valence-corrected chi connectivity index (χ4v) is 9.70. The number of rotatable bonds is 6. The minimum absolute atomic E-state index is 0.404. The van der Waals surface area contributed by atoms with Crippen molar-refractivity contribution in [2.75, 3.05) is 9.80 Å². The van der Waals surface area contributed by atoms with Gasteiger partial charge in [-0.05, 0) is 163 Å². The Labute approximate surface area is 360 Å². The van der Waals surface area contributed by atoms with Gasteiger partial charge in [0.25, 0.3) is 0 Å². The number of anilines is 6. The van der Waals surface area contributed by atoms with Crippen LogP contribution < -0.4 is 9.80 Å². The van der Waals surface area contributed by atoms with Crippen molar-refractivity contribution in [2.45, 2.75) is 41.5 Å². The minimum atomic E-state index is 0.404. The molecule has 0 spiro atoms. The number of hydrogen-bond acceptors (Lipinski definition) is 5. The molecule has 0 amide bonds. The van der Waals surface area contributed by atoms with E-state index in [1.807, 2.05) is 0 Å². The Morgan fingerprint density at radius 3 is 1.19 bits per heavy atom. The van der Waals surface area contributed by atoms with Crippen LogP contribution in [0.4, 0.5) is 34.1 Å². The number of nitrogens with zero attached hydrogens (tertiary/aromatic N) is 3. The Bertz CT molecular complexity index is 3420. The first-order valence-corrected chi connectivity index (χ1v) is 21.1. The second kappa shape index (κ2) is 14.1. The fraction of sp³-hybridized carbons (Fsp3) is 0.105. The zero-order valence-corrected chi connectivity index (χ0v) is 35.6. The van der Waals surface area contributed by atoms with Crippen molar-refractivity contribution in [2.24, 2.45) is 0 Å². The molecule has 0 N–H and O–H groups in total. The summed E-state index contributed by atoms with van der Waals surface area (Å²) in [5.74, 6) is 0. The molecule has 2 aromatic heterocycles. The van der Waals surface area contributed by atoms with Crippen LogP contribution in [0.25, 0.3) is 65.4 Å². The smallest absolute Gasteiger partial charge is 0.157 e. The number of nitriles is 1. The van der Waals surface area contributed by atoms with Crippen LogP contribution in [0.5, 0.6) is 0 Å². The van der Waals surface area contributed by atoms with Crippen LogP contribution in [0.2, 0.25) is 0 Å². The second-order valence-electron chi connectivity index (χ2n) is 16.8. The largest absolute Gasteiger partial charge is 0.454 e. The van der Waals surface area contributed by atoms with Gasteiger partial charge in [-0.2, -0.15) is 5.26 Å². The molecule has 2 heterocycles. The third-order valence-corrected chi connectivity index (χ3v) is 12.7. The van der Waals surface area contributed by atoms with E-state index < -0.39 is 0 Å². The molecular weight excluding hydrogens is 759 g/mol. The highest BCUT2D eigenvalue weighted by atomic mass is 16.3. The topological polar surface area (TPSA) is 56.6 Å². The Morgan fingerprint density at radius 2 is 0.790 bits per heavy atom. The molecule has 0 saturated heterocycles. The maximum Gasteiger partial charge on any atom is 0.157 e. The summed E-state index contributed by atoms with van der Waals surface area (Å²) in [6, 6.07) is 56.5. The molecule has 11 aromatic rings. The first-order valence-electron chi connectivity index (χ1n) is 21.1. The molecule has 0 bridgehead atoms. The van der Waals surface area contributed by atoms with Gasteiger partial charge in [0, 0.05) is 44.3 Å². The maximum atomic E-state index is 10.7. The lowest BCUT2D eigenvalue weighted by Crippen LogP contribution is -2.14. The van der Waals surface area contributed by atoms with Crippen LogP contribution in [-0.2, 0) is 0 Å².